The van der Waals surface area contributed by atoms with Crippen molar-refractivity contribution in [1.82, 2.24) is 10.6 Å². The van der Waals surface area contributed by atoms with Gasteiger partial charge >= 0.3 is 0 Å². The molecule has 126 valence electrons. The van der Waals surface area contributed by atoms with Crippen molar-refractivity contribution in [2.24, 2.45) is 16.8 Å². The smallest absolute Gasteiger partial charge is 0.191 e. The van der Waals surface area contributed by atoms with Gasteiger partial charge in [-0.15, -0.1) is 6.58 Å². The molecule has 2 aliphatic rings. The summed E-state index contributed by atoms with van der Waals surface area (Å²) in [6.07, 6.45) is 7.46. The van der Waals surface area contributed by atoms with Crippen molar-refractivity contribution >= 4 is 15.8 Å². The van der Waals surface area contributed by atoms with Gasteiger partial charge in [-0.1, -0.05) is 25.8 Å². The van der Waals surface area contributed by atoms with Crippen molar-refractivity contribution in [1.29, 1.82) is 0 Å². The molecule has 22 heavy (non-hydrogen) atoms. The number of hydrogen-bond donors (Lipinski definition) is 2. The summed E-state index contributed by atoms with van der Waals surface area (Å²) in [5, 5.41) is 6.76. The minimum absolute atomic E-state index is 0.164. The Morgan fingerprint density at radius 2 is 2.18 bits per heavy atom. The second-order valence-electron chi connectivity index (χ2n) is 6.74. The van der Waals surface area contributed by atoms with Gasteiger partial charge in [0.25, 0.3) is 0 Å². The molecule has 1 saturated heterocycles. The van der Waals surface area contributed by atoms with Crippen molar-refractivity contribution in [3.63, 3.8) is 0 Å². The number of hydrogen-bond acceptors (Lipinski definition) is 3. The molecule has 2 fully saturated rings. The molecular weight excluding hydrogens is 298 g/mol. The van der Waals surface area contributed by atoms with Gasteiger partial charge in [0.15, 0.2) is 15.8 Å². The lowest BCUT2D eigenvalue weighted by atomic mass is 9.87. The van der Waals surface area contributed by atoms with E-state index in [2.05, 4.69) is 29.1 Å². The molecule has 1 aliphatic carbocycles. The highest BCUT2D eigenvalue weighted by atomic mass is 32.2. The molecule has 3 unspecified atom stereocenters. The van der Waals surface area contributed by atoms with Crippen LogP contribution < -0.4 is 10.6 Å². The molecule has 0 aromatic rings. The highest BCUT2D eigenvalue weighted by molar-refractivity contribution is 7.91. The molecule has 0 aromatic carbocycles. The molecule has 1 heterocycles. The summed E-state index contributed by atoms with van der Waals surface area (Å²) in [7, 11) is -2.82. The molecular formula is C16H29N3O2S. The fourth-order valence-electron chi connectivity index (χ4n) is 3.32. The summed E-state index contributed by atoms with van der Waals surface area (Å²) >= 11 is 0. The lowest BCUT2D eigenvalue weighted by Crippen LogP contribution is -2.45. The summed E-state index contributed by atoms with van der Waals surface area (Å²) in [6.45, 7) is 7.26. The normalized spacial score (nSPS) is 31.7. The largest absolute Gasteiger partial charge is 0.354 e. The van der Waals surface area contributed by atoms with Crippen LogP contribution in [0.15, 0.2) is 17.6 Å². The van der Waals surface area contributed by atoms with Crippen molar-refractivity contribution < 1.29 is 8.42 Å². The third-order valence-electron chi connectivity index (χ3n) is 4.53. The molecule has 0 radical (unpaired) electrons. The van der Waals surface area contributed by atoms with Gasteiger partial charge < -0.3 is 10.6 Å². The zero-order valence-corrected chi connectivity index (χ0v) is 14.4. The maximum Gasteiger partial charge on any atom is 0.191 e. The molecule has 2 N–H and O–H groups in total. The molecule has 1 saturated carbocycles. The fraction of sp³-hybridized carbons (Fsp3) is 0.812. The molecule has 5 nitrogen and oxygen atoms in total. The number of rotatable bonds is 5. The summed E-state index contributed by atoms with van der Waals surface area (Å²) in [6, 6.07) is 0.465. The number of nitrogens with one attached hydrogen (secondary N) is 2. The van der Waals surface area contributed by atoms with E-state index in [0.29, 0.717) is 24.9 Å². The van der Waals surface area contributed by atoms with Gasteiger partial charge in [0.05, 0.1) is 11.5 Å². The lowest BCUT2D eigenvalue weighted by Gasteiger charge is -2.29. The molecule has 0 spiro atoms. The summed E-state index contributed by atoms with van der Waals surface area (Å²) in [4.78, 5) is 4.61. The van der Waals surface area contributed by atoms with Gasteiger partial charge in [0, 0.05) is 19.1 Å². The third-order valence-corrected chi connectivity index (χ3v) is 6.36. The molecule has 1 aliphatic heterocycles. The lowest BCUT2D eigenvalue weighted by molar-refractivity contribution is 0.324. The number of aliphatic imine (C=N–C) groups is 1. The Bertz CT molecular complexity index is 502. The highest BCUT2D eigenvalue weighted by Gasteiger charge is 2.27. The third kappa shape index (κ3) is 5.63. The molecule has 3 atom stereocenters. The van der Waals surface area contributed by atoms with Crippen LogP contribution in [0.1, 0.15) is 39.0 Å². The summed E-state index contributed by atoms with van der Waals surface area (Å²) < 4.78 is 23.0. The van der Waals surface area contributed by atoms with Crippen LogP contribution in [0.4, 0.5) is 0 Å². The van der Waals surface area contributed by atoms with E-state index in [4.69, 9.17) is 0 Å². The average Bonchev–Trinajstić information content (AvgIpc) is 2.81. The molecule has 0 bridgehead atoms. The maximum absolute atomic E-state index is 11.5. The monoisotopic (exact) mass is 327 g/mol. The summed E-state index contributed by atoms with van der Waals surface area (Å²) in [5.41, 5.74) is 0. The van der Waals surface area contributed by atoms with Gasteiger partial charge in [-0.25, -0.2) is 8.42 Å². The molecule has 0 amide bonds. The second-order valence-corrected chi connectivity index (χ2v) is 8.97. The Labute approximate surface area is 134 Å². The van der Waals surface area contributed by atoms with Crippen molar-refractivity contribution in [3.8, 4) is 0 Å². The first-order chi connectivity index (χ1) is 10.5. The number of sulfone groups is 1. The van der Waals surface area contributed by atoms with Crippen LogP contribution in [0.5, 0.6) is 0 Å². The predicted octanol–water partition coefficient (Wildman–Crippen LogP) is 1.72. The van der Waals surface area contributed by atoms with Gasteiger partial charge in [-0.2, -0.15) is 0 Å². The predicted molar refractivity (Wildman–Crippen MR) is 91.8 cm³/mol. The topological polar surface area (TPSA) is 70.6 Å². The van der Waals surface area contributed by atoms with E-state index in [-0.39, 0.29) is 11.7 Å². The van der Waals surface area contributed by atoms with Crippen LogP contribution in [-0.2, 0) is 9.84 Å². The molecule has 2 rings (SSSR count). The number of guanidine groups is 1. The maximum atomic E-state index is 11.5. The Kier molecular flexibility index (Phi) is 6.29. The van der Waals surface area contributed by atoms with E-state index in [1.807, 2.05) is 0 Å². The SMILES string of the molecule is C=CCNC(=NCC1CCS(=O)(=O)C1)NC1CCCC(C)C1. The van der Waals surface area contributed by atoms with Crippen LogP contribution in [0.3, 0.4) is 0 Å². The van der Waals surface area contributed by atoms with E-state index in [9.17, 15) is 8.42 Å². The quantitative estimate of drug-likeness (QED) is 0.458. The second kappa shape index (κ2) is 7.99. The minimum atomic E-state index is -2.82. The van der Waals surface area contributed by atoms with Crippen LogP contribution >= 0.6 is 0 Å². The fourth-order valence-corrected chi connectivity index (χ4v) is 5.17. The van der Waals surface area contributed by atoms with Crippen molar-refractivity contribution in [3.05, 3.63) is 12.7 Å². The molecule has 6 heteroatoms. The van der Waals surface area contributed by atoms with Gasteiger partial charge in [0.2, 0.25) is 0 Å². The number of nitrogens with zero attached hydrogens (tertiary/aromatic N) is 1. The van der Waals surface area contributed by atoms with Crippen LogP contribution in [0, 0.1) is 11.8 Å². The van der Waals surface area contributed by atoms with Gasteiger partial charge in [-0.05, 0) is 31.1 Å². The van der Waals surface area contributed by atoms with E-state index < -0.39 is 9.84 Å². The van der Waals surface area contributed by atoms with Crippen molar-refractivity contribution in [2.45, 2.75) is 45.1 Å². The Hall–Kier alpha value is -1.04. The van der Waals surface area contributed by atoms with E-state index >= 15 is 0 Å². The van der Waals surface area contributed by atoms with Crippen LogP contribution in [-0.4, -0.2) is 45.0 Å². The average molecular weight is 327 g/mol. The molecule has 0 aromatic heterocycles. The van der Waals surface area contributed by atoms with E-state index in [1.54, 1.807) is 6.08 Å². The van der Waals surface area contributed by atoms with Crippen LogP contribution in [0.25, 0.3) is 0 Å². The zero-order chi connectivity index (χ0) is 16.0. The minimum Gasteiger partial charge on any atom is -0.354 e. The van der Waals surface area contributed by atoms with Gasteiger partial charge in [0.1, 0.15) is 0 Å². The first-order valence-electron chi connectivity index (χ1n) is 8.34. The summed E-state index contributed by atoms with van der Waals surface area (Å²) in [5.74, 6) is 2.31. The highest BCUT2D eigenvalue weighted by Crippen LogP contribution is 2.23. The van der Waals surface area contributed by atoms with E-state index in [0.717, 1.165) is 18.3 Å². The standard InChI is InChI=1S/C16H29N3O2S/c1-3-8-17-16(19-15-6-4-5-13(2)10-15)18-11-14-7-9-22(20,21)12-14/h3,13-15H,1,4-12H2,2H3,(H2,17,18,19). The van der Waals surface area contributed by atoms with E-state index in [1.165, 1.54) is 25.7 Å². The van der Waals surface area contributed by atoms with Crippen LogP contribution in [0.2, 0.25) is 0 Å². The Morgan fingerprint density at radius 3 is 2.82 bits per heavy atom. The van der Waals surface area contributed by atoms with Gasteiger partial charge in [-0.3, -0.25) is 4.99 Å². The first kappa shape index (κ1) is 17.3. The Balaban J connectivity index is 1.90. The first-order valence-corrected chi connectivity index (χ1v) is 10.2. The Morgan fingerprint density at radius 1 is 1.36 bits per heavy atom. The van der Waals surface area contributed by atoms with Crippen molar-refractivity contribution in [2.75, 3.05) is 24.6 Å². The zero-order valence-electron chi connectivity index (χ0n) is 13.6.